The van der Waals surface area contributed by atoms with E-state index in [2.05, 4.69) is 15.6 Å². The number of carbonyl (C=O) groups is 1. The van der Waals surface area contributed by atoms with Gasteiger partial charge in [-0.25, -0.2) is 4.98 Å². The van der Waals surface area contributed by atoms with E-state index >= 15 is 0 Å². The Balaban J connectivity index is 1.78. The Morgan fingerprint density at radius 3 is 2.94 bits per heavy atom. The molecule has 0 spiro atoms. The van der Waals surface area contributed by atoms with Crippen molar-refractivity contribution < 1.29 is 4.79 Å². The molecule has 18 heavy (non-hydrogen) atoms. The number of nitrogens with zero attached hydrogens (tertiary/aromatic N) is 2. The van der Waals surface area contributed by atoms with Crippen molar-refractivity contribution in [1.29, 1.82) is 0 Å². The maximum Gasteiger partial charge on any atom is 0.240 e. The number of rotatable bonds is 5. The van der Waals surface area contributed by atoms with Gasteiger partial charge in [0, 0.05) is 18.8 Å². The second-order valence-electron chi connectivity index (χ2n) is 4.97. The first-order valence-electron chi connectivity index (χ1n) is 6.72. The van der Waals surface area contributed by atoms with Gasteiger partial charge in [-0.2, -0.15) is 0 Å². The minimum absolute atomic E-state index is 0.0929. The fourth-order valence-corrected chi connectivity index (χ4v) is 2.45. The highest BCUT2D eigenvalue weighted by molar-refractivity contribution is 5.76. The van der Waals surface area contributed by atoms with Crippen LogP contribution in [-0.4, -0.2) is 28.5 Å². The lowest BCUT2D eigenvalue weighted by Gasteiger charge is -2.22. The molecule has 0 saturated heterocycles. The predicted molar refractivity (Wildman–Crippen MR) is 70.0 cm³/mol. The summed E-state index contributed by atoms with van der Waals surface area (Å²) >= 11 is 0. The molecule has 2 rings (SSSR count). The standard InChI is InChI=1S/C13H22N4O/c1-14-7-12-8-17(10-15-12)9-13(18)16-11-5-3-2-4-6-11/h8,10-11,14H,2-7,9H2,1H3,(H,16,18). The number of amides is 1. The van der Waals surface area contributed by atoms with E-state index in [1.54, 1.807) is 6.33 Å². The van der Waals surface area contributed by atoms with Gasteiger partial charge in [0.1, 0.15) is 6.54 Å². The summed E-state index contributed by atoms with van der Waals surface area (Å²) in [6.07, 6.45) is 9.66. The van der Waals surface area contributed by atoms with Crippen molar-refractivity contribution >= 4 is 5.91 Å². The molecule has 1 saturated carbocycles. The molecule has 0 aliphatic heterocycles. The molecule has 1 fully saturated rings. The van der Waals surface area contributed by atoms with Gasteiger partial charge < -0.3 is 15.2 Å². The summed E-state index contributed by atoms with van der Waals surface area (Å²) < 4.78 is 1.84. The van der Waals surface area contributed by atoms with Gasteiger partial charge in [0.2, 0.25) is 5.91 Å². The van der Waals surface area contributed by atoms with Crippen LogP contribution in [0.5, 0.6) is 0 Å². The number of aromatic nitrogens is 2. The fourth-order valence-electron chi connectivity index (χ4n) is 2.45. The van der Waals surface area contributed by atoms with Crippen LogP contribution in [0, 0.1) is 0 Å². The Hall–Kier alpha value is -1.36. The fraction of sp³-hybridized carbons (Fsp3) is 0.692. The van der Waals surface area contributed by atoms with E-state index in [4.69, 9.17) is 0 Å². The number of hydrogen-bond acceptors (Lipinski definition) is 3. The summed E-state index contributed by atoms with van der Waals surface area (Å²) in [6.45, 7) is 1.10. The molecule has 5 nitrogen and oxygen atoms in total. The van der Waals surface area contributed by atoms with Crippen LogP contribution in [-0.2, 0) is 17.9 Å². The van der Waals surface area contributed by atoms with Crippen molar-refractivity contribution in [2.75, 3.05) is 7.05 Å². The van der Waals surface area contributed by atoms with E-state index in [0.717, 1.165) is 25.1 Å². The van der Waals surface area contributed by atoms with E-state index in [1.165, 1.54) is 19.3 Å². The van der Waals surface area contributed by atoms with E-state index < -0.39 is 0 Å². The van der Waals surface area contributed by atoms with Gasteiger partial charge in [-0.3, -0.25) is 4.79 Å². The van der Waals surface area contributed by atoms with Crippen molar-refractivity contribution in [3.63, 3.8) is 0 Å². The van der Waals surface area contributed by atoms with Gasteiger partial charge in [0.15, 0.2) is 0 Å². The molecule has 0 atom stereocenters. The van der Waals surface area contributed by atoms with Crippen LogP contribution in [0.25, 0.3) is 0 Å². The lowest BCUT2D eigenvalue weighted by molar-refractivity contribution is -0.122. The van der Waals surface area contributed by atoms with Crippen LogP contribution in [0.15, 0.2) is 12.5 Å². The molecule has 0 aromatic carbocycles. The van der Waals surface area contributed by atoms with Gasteiger partial charge in [0.25, 0.3) is 0 Å². The highest BCUT2D eigenvalue weighted by atomic mass is 16.2. The van der Waals surface area contributed by atoms with E-state index in [1.807, 2.05) is 17.8 Å². The zero-order chi connectivity index (χ0) is 12.8. The van der Waals surface area contributed by atoms with Crippen molar-refractivity contribution in [2.24, 2.45) is 0 Å². The quantitative estimate of drug-likeness (QED) is 0.821. The molecule has 1 aliphatic carbocycles. The third kappa shape index (κ3) is 3.84. The topological polar surface area (TPSA) is 59.0 Å². The SMILES string of the molecule is CNCc1cn(CC(=O)NC2CCCCC2)cn1. The predicted octanol–water partition coefficient (Wildman–Crippen LogP) is 1.05. The van der Waals surface area contributed by atoms with Crippen molar-refractivity contribution in [2.45, 2.75) is 51.2 Å². The summed E-state index contributed by atoms with van der Waals surface area (Å²) in [6, 6.07) is 0.381. The summed E-state index contributed by atoms with van der Waals surface area (Å²) in [5.74, 6) is 0.0929. The monoisotopic (exact) mass is 250 g/mol. The Morgan fingerprint density at radius 1 is 1.44 bits per heavy atom. The van der Waals surface area contributed by atoms with Crippen molar-refractivity contribution in [1.82, 2.24) is 20.2 Å². The second-order valence-corrected chi connectivity index (χ2v) is 4.97. The highest BCUT2D eigenvalue weighted by Gasteiger charge is 2.15. The van der Waals surface area contributed by atoms with Crippen LogP contribution in [0.2, 0.25) is 0 Å². The molecule has 100 valence electrons. The minimum Gasteiger partial charge on any atom is -0.352 e. The molecule has 0 bridgehead atoms. The molecule has 1 aliphatic rings. The van der Waals surface area contributed by atoms with Gasteiger partial charge in [0.05, 0.1) is 12.0 Å². The zero-order valence-corrected chi connectivity index (χ0v) is 11.0. The van der Waals surface area contributed by atoms with Crippen LogP contribution in [0.3, 0.4) is 0 Å². The van der Waals surface area contributed by atoms with Gasteiger partial charge >= 0.3 is 0 Å². The molecule has 1 amide bonds. The molecule has 1 aromatic heterocycles. The lowest BCUT2D eigenvalue weighted by atomic mass is 9.95. The highest BCUT2D eigenvalue weighted by Crippen LogP contribution is 2.17. The summed E-state index contributed by atoms with van der Waals surface area (Å²) in [5, 5.41) is 6.15. The molecule has 0 radical (unpaired) electrons. The molecular weight excluding hydrogens is 228 g/mol. The lowest BCUT2D eigenvalue weighted by Crippen LogP contribution is -2.38. The summed E-state index contributed by atoms with van der Waals surface area (Å²) in [4.78, 5) is 16.1. The minimum atomic E-state index is 0.0929. The Kier molecular flexibility index (Phi) is 4.75. The summed E-state index contributed by atoms with van der Waals surface area (Å²) in [5.41, 5.74) is 0.961. The van der Waals surface area contributed by atoms with Crippen molar-refractivity contribution in [3.8, 4) is 0 Å². The van der Waals surface area contributed by atoms with Crippen molar-refractivity contribution in [3.05, 3.63) is 18.2 Å². The van der Waals surface area contributed by atoms with Crippen LogP contribution in [0.1, 0.15) is 37.8 Å². The van der Waals surface area contributed by atoms with Crippen LogP contribution in [0.4, 0.5) is 0 Å². The Bertz CT molecular complexity index is 382. The van der Waals surface area contributed by atoms with Gasteiger partial charge in [-0.1, -0.05) is 19.3 Å². The second kappa shape index (κ2) is 6.54. The summed E-state index contributed by atoms with van der Waals surface area (Å²) in [7, 11) is 1.88. The average Bonchev–Trinajstić information content (AvgIpc) is 2.78. The maximum absolute atomic E-state index is 11.9. The van der Waals surface area contributed by atoms with E-state index in [9.17, 15) is 4.79 Å². The van der Waals surface area contributed by atoms with Crippen LogP contribution < -0.4 is 10.6 Å². The first-order valence-corrected chi connectivity index (χ1v) is 6.72. The molecule has 2 N–H and O–H groups in total. The number of nitrogens with one attached hydrogen (secondary N) is 2. The molecular formula is C13H22N4O. The van der Waals surface area contributed by atoms with E-state index in [0.29, 0.717) is 12.6 Å². The molecule has 5 heteroatoms. The largest absolute Gasteiger partial charge is 0.352 e. The average molecular weight is 250 g/mol. The van der Waals surface area contributed by atoms with Gasteiger partial charge in [-0.05, 0) is 19.9 Å². The maximum atomic E-state index is 11.9. The normalized spacial score (nSPS) is 16.7. The van der Waals surface area contributed by atoms with E-state index in [-0.39, 0.29) is 5.91 Å². The number of hydrogen-bond donors (Lipinski definition) is 2. The number of imidazole rings is 1. The first-order chi connectivity index (χ1) is 8.78. The molecule has 1 heterocycles. The first kappa shape index (κ1) is 13.1. The Morgan fingerprint density at radius 2 is 2.22 bits per heavy atom. The zero-order valence-electron chi connectivity index (χ0n) is 11.0. The van der Waals surface area contributed by atoms with Gasteiger partial charge in [-0.15, -0.1) is 0 Å². The molecule has 0 unspecified atom stereocenters. The number of carbonyl (C=O) groups excluding carboxylic acids is 1. The smallest absolute Gasteiger partial charge is 0.240 e. The third-order valence-electron chi connectivity index (χ3n) is 3.34. The van der Waals surface area contributed by atoms with Crippen LogP contribution >= 0.6 is 0 Å². The Labute approximate surface area is 108 Å². The third-order valence-corrected chi connectivity index (χ3v) is 3.34. The molecule has 1 aromatic rings.